The van der Waals surface area contributed by atoms with E-state index in [1.807, 2.05) is 12.1 Å². The average Bonchev–Trinajstić information content (AvgIpc) is 2.81. The molecule has 0 radical (unpaired) electrons. The van der Waals surface area contributed by atoms with Crippen LogP contribution in [0, 0.1) is 16.0 Å². The predicted molar refractivity (Wildman–Crippen MR) is 72.0 cm³/mol. The number of nitro benzene ring substituents is 1. The molecular formula is C13H16N4O2. The second kappa shape index (κ2) is 4.62. The molecule has 2 aliphatic heterocycles. The van der Waals surface area contributed by atoms with E-state index in [0.717, 1.165) is 30.8 Å². The average molecular weight is 260 g/mol. The van der Waals surface area contributed by atoms with Crippen molar-refractivity contribution in [3.05, 3.63) is 39.9 Å². The SMILES string of the molecule is CN1CCC2=NNC(c3ccccc3[N+](=O)[O-])C2C1. The third-order valence-corrected chi connectivity index (χ3v) is 3.90. The maximum absolute atomic E-state index is 11.1. The van der Waals surface area contributed by atoms with Gasteiger partial charge in [-0.1, -0.05) is 12.1 Å². The van der Waals surface area contributed by atoms with Crippen LogP contribution in [0.25, 0.3) is 0 Å². The van der Waals surface area contributed by atoms with E-state index in [-0.39, 0.29) is 22.6 Å². The van der Waals surface area contributed by atoms with Crippen molar-refractivity contribution >= 4 is 11.4 Å². The molecule has 1 aromatic carbocycles. The molecule has 0 saturated carbocycles. The molecule has 19 heavy (non-hydrogen) atoms. The molecule has 0 spiro atoms. The topological polar surface area (TPSA) is 70.8 Å². The summed E-state index contributed by atoms with van der Waals surface area (Å²) in [6.45, 7) is 1.89. The number of hydrazone groups is 1. The van der Waals surface area contributed by atoms with Gasteiger partial charge in [0.05, 0.1) is 16.5 Å². The largest absolute Gasteiger partial charge is 0.305 e. The van der Waals surface area contributed by atoms with Gasteiger partial charge in [0.25, 0.3) is 5.69 Å². The van der Waals surface area contributed by atoms with Gasteiger partial charge in [0, 0.05) is 37.2 Å². The lowest BCUT2D eigenvalue weighted by atomic mass is 9.86. The Morgan fingerprint density at radius 2 is 2.26 bits per heavy atom. The first-order valence-electron chi connectivity index (χ1n) is 6.40. The number of para-hydroxylation sites is 1. The van der Waals surface area contributed by atoms with Gasteiger partial charge in [-0.05, 0) is 13.1 Å². The van der Waals surface area contributed by atoms with Crippen LogP contribution >= 0.6 is 0 Å². The van der Waals surface area contributed by atoms with Crippen LogP contribution < -0.4 is 5.43 Å². The summed E-state index contributed by atoms with van der Waals surface area (Å²) >= 11 is 0. The molecule has 0 bridgehead atoms. The fourth-order valence-electron chi connectivity index (χ4n) is 2.91. The Morgan fingerprint density at radius 1 is 1.47 bits per heavy atom. The van der Waals surface area contributed by atoms with E-state index in [9.17, 15) is 10.1 Å². The molecule has 0 aromatic heterocycles. The predicted octanol–water partition coefficient (Wildman–Crippen LogP) is 1.55. The summed E-state index contributed by atoms with van der Waals surface area (Å²) < 4.78 is 0. The third-order valence-electron chi connectivity index (χ3n) is 3.90. The molecule has 1 N–H and O–H groups in total. The molecule has 100 valence electrons. The maximum Gasteiger partial charge on any atom is 0.274 e. The number of likely N-dealkylation sites (tertiary alicyclic amines) is 1. The molecule has 0 aliphatic carbocycles. The van der Waals surface area contributed by atoms with E-state index in [1.54, 1.807) is 12.1 Å². The van der Waals surface area contributed by atoms with E-state index in [0.29, 0.717) is 0 Å². The standard InChI is InChI=1S/C13H16N4O2/c1-16-7-6-11-10(8-16)13(15-14-11)9-4-2-3-5-12(9)17(18)19/h2-5,10,13,15H,6-8H2,1H3. The molecule has 6 heteroatoms. The lowest BCUT2D eigenvalue weighted by Gasteiger charge is -2.30. The molecule has 1 fully saturated rings. The molecular weight excluding hydrogens is 244 g/mol. The molecule has 2 unspecified atom stereocenters. The zero-order valence-electron chi connectivity index (χ0n) is 10.7. The number of rotatable bonds is 2. The molecule has 2 aliphatic rings. The Morgan fingerprint density at radius 3 is 3.05 bits per heavy atom. The summed E-state index contributed by atoms with van der Waals surface area (Å²) in [5, 5.41) is 15.5. The first-order valence-corrected chi connectivity index (χ1v) is 6.40. The van der Waals surface area contributed by atoms with Crippen LogP contribution in [0.1, 0.15) is 18.0 Å². The molecule has 3 rings (SSSR count). The van der Waals surface area contributed by atoms with Crippen molar-refractivity contribution in [1.29, 1.82) is 0 Å². The highest BCUT2D eigenvalue weighted by Gasteiger charge is 2.38. The minimum absolute atomic E-state index is 0.0839. The van der Waals surface area contributed by atoms with Crippen molar-refractivity contribution < 1.29 is 4.92 Å². The summed E-state index contributed by atoms with van der Waals surface area (Å²) in [6.07, 6.45) is 0.936. The second-order valence-electron chi connectivity index (χ2n) is 5.14. The van der Waals surface area contributed by atoms with Gasteiger partial charge in [-0.2, -0.15) is 5.10 Å². The number of hydrogen-bond acceptors (Lipinski definition) is 5. The Kier molecular flexibility index (Phi) is 2.94. The number of piperidine rings is 1. The van der Waals surface area contributed by atoms with Crippen molar-refractivity contribution in [2.75, 3.05) is 20.1 Å². The minimum Gasteiger partial charge on any atom is -0.305 e. The summed E-state index contributed by atoms with van der Waals surface area (Å²) in [4.78, 5) is 13.1. The molecule has 2 atom stereocenters. The molecule has 6 nitrogen and oxygen atoms in total. The van der Waals surface area contributed by atoms with Crippen LogP contribution in [-0.4, -0.2) is 35.7 Å². The lowest BCUT2D eigenvalue weighted by molar-refractivity contribution is -0.385. The van der Waals surface area contributed by atoms with Gasteiger partial charge < -0.3 is 10.3 Å². The number of fused-ring (bicyclic) bond motifs is 1. The highest BCUT2D eigenvalue weighted by Crippen LogP contribution is 2.36. The van der Waals surface area contributed by atoms with Crippen molar-refractivity contribution in [1.82, 2.24) is 10.3 Å². The van der Waals surface area contributed by atoms with Crippen molar-refractivity contribution in [3.8, 4) is 0 Å². The summed E-state index contributed by atoms with van der Waals surface area (Å²) in [6, 6.07) is 6.84. The van der Waals surface area contributed by atoms with Gasteiger partial charge in [0.1, 0.15) is 0 Å². The van der Waals surface area contributed by atoms with Gasteiger partial charge in [-0.3, -0.25) is 10.1 Å². The molecule has 0 amide bonds. The lowest BCUT2D eigenvalue weighted by Crippen LogP contribution is -2.39. The monoisotopic (exact) mass is 260 g/mol. The van der Waals surface area contributed by atoms with Crippen LogP contribution in [0.4, 0.5) is 5.69 Å². The van der Waals surface area contributed by atoms with Crippen LogP contribution in [0.15, 0.2) is 29.4 Å². The zero-order valence-corrected chi connectivity index (χ0v) is 10.7. The van der Waals surface area contributed by atoms with Crippen LogP contribution in [0.5, 0.6) is 0 Å². The van der Waals surface area contributed by atoms with Gasteiger partial charge in [-0.15, -0.1) is 0 Å². The normalized spacial score (nSPS) is 26.5. The van der Waals surface area contributed by atoms with E-state index in [1.165, 1.54) is 0 Å². The van der Waals surface area contributed by atoms with E-state index < -0.39 is 0 Å². The zero-order chi connectivity index (χ0) is 13.4. The van der Waals surface area contributed by atoms with Crippen LogP contribution in [-0.2, 0) is 0 Å². The summed E-state index contributed by atoms with van der Waals surface area (Å²) in [5.41, 5.74) is 5.13. The van der Waals surface area contributed by atoms with Crippen LogP contribution in [0.3, 0.4) is 0 Å². The third kappa shape index (κ3) is 2.08. The Labute approximate surface area is 111 Å². The van der Waals surface area contributed by atoms with Crippen LogP contribution in [0.2, 0.25) is 0 Å². The highest BCUT2D eigenvalue weighted by atomic mass is 16.6. The van der Waals surface area contributed by atoms with Gasteiger partial charge >= 0.3 is 0 Å². The smallest absolute Gasteiger partial charge is 0.274 e. The number of nitro groups is 1. The molecule has 1 aromatic rings. The minimum atomic E-state index is -0.318. The quantitative estimate of drug-likeness (QED) is 0.647. The Hall–Kier alpha value is -1.95. The number of benzene rings is 1. The second-order valence-corrected chi connectivity index (χ2v) is 5.14. The van der Waals surface area contributed by atoms with E-state index in [2.05, 4.69) is 22.5 Å². The Balaban J connectivity index is 1.94. The van der Waals surface area contributed by atoms with Gasteiger partial charge in [0.2, 0.25) is 0 Å². The highest BCUT2D eigenvalue weighted by molar-refractivity contribution is 5.90. The first-order chi connectivity index (χ1) is 9.16. The summed E-state index contributed by atoms with van der Waals surface area (Å²) in [5.74, 6) is 0.236. The number of hydrogen-bond donors (Lipinski definition) is 1. The van der Waals surface area contributed by atoms with E-state index in [4.69, 9.17) is 0 Å². The van der Waals surface area contributed by atoms with Crippen molar-refractivity contribution in [2.45, 2.75) is 12.5 Å². The van der Waals surface area contributed by atoms with Gasteiger partial charge in [0.15, 0.2) is 0 Å². The molecule has 1 saturated heterocycles. The Bertz CT molecular complexity index is 543. The van der Waals surface area contributed by atoms with Crippen molar-refractivity contribution in [2.24, 2.45) is 11.0 Å². The van der Waals surface area contributed by atoms with E-state index >= 15 is 0 Å². The van der Waals surface area contributed by atoms with Crippen molar-refractivity contribution in [3.63, 3.8) is 0 Å². The number of nitrogens with zero attached hydrogens (tertiary/aromatic N) is 3. The first kappa shape index (κ1) is 12.1. The summed E-state index contributed by atoms with van der Waals surface area (Å²) in [7, 11) is 2.07. The maximum atomic E-state index is 11.1. The number of nitrogens with one attached hydrogen (secondary N) is 1. The van der Waals surface area contributed by atoms with Gasteiger partial charge in [-0.25, -0.2) is 0 Å². The fraction of sp³-hybridized carbons (Fsp3) is 0.462. The molecule has 2 heterocycles. The fourth-order valence-corrected chi connectivity index (χ4v) is 2.91.